The Morgan fingerprint density at radius 2 is 2.29 bits per heavy atom. The second-order valence-electron chi connectivity index (χ2n) is 2.51. The molecule has 0 bridgehead atoms. The quantitative estimate of drug-likeness (QED) is 0.705. The molecule has 7 heteroatoms. The van der Waals surface area contributed by atoms with Gasteiger partial charge in [-0.15, -0.1) is 0 Å². The first-order chi connectivity index (χ1) is 6.47. The Morgan fingerprint density at radius 3 is 2.71 bits per heavy atom. The van der Waals surface area contributed by atoms with Gasteiger partial charge in [-0.2, -0.15) is 12.8 Å². The van der Waals surface area contributed by atoms with Gasteiger partial charge in [0.05, 0.1) is 12.3 Å². The zero-order chi connectivity index (χ0) is 10.8. The van der Waals surface area contributed by atoms with Crippen molar-refractivity contribution in [3.05, 3.63) is 11.0 Å². The van der Waals surface area contributed by atoms with Gasteiger partial charge in [0.1, 0.15) is 0 Å². The fraction of sp³-hybridized carbons (Fsp3) is 0.429. The molecule has 1 aliphatic heterocycles. The number of nitrogens with zero attached hydrogens (tertiary/aromatic N) is 1. The van der Waals surface area contributed by atoms with Crippen LogP contribution in [0.15, 0.2) is 15.4 Å². The molecule has 0 atom stereocenters. The fourth-order valence-electron chi connectivity index (χ4n) is 0.902. The molecule has 78 valence electrons. The standard InChI is InChI=1S/C7H9NO5S/c1-2-13-4-5-3-6(7(9)10)14(11,12)8-5/h3H,2,4H2,1H3,(H,9,10). The zero-order valence-electron chi connectivity index (χ0n) is 7.43. The fourth-order valence-corrected chi connectivity index (χ4v) is 1.92. The summed E-state index contributed by atoms with van der Waals surface area (Å²) in [6.07, 6.45) is 1.01. The first kappa shape index (κ1) is 10.9. The highest BCUT2D eigenvalue weighted by atomic mass is 32.2. The highest BCUT2D eigenvalue weighted by molar-refractivity contribution is 7.95. The number of rotatable bonds is 4. The van der Waals surface area contributed by atoms with E-state index in [0.29, 0.717) is 6.61 Å². The predicted octanol–water partition coefficient (Wildman–Crippen LogP) is -0.224. The van der Waals surface area contributed by atoms with Gasteiger partial charge < -0.3 is 9.84 Å². The highest BCUT2D eigenvalue weighted by Crippen LogP contribution is 2.16. The molecule has 0 unspecified atom stereocenters. The van der Waals surface area contributed by atoms with Gasteiger partial charge in [0.2, 0.25) is 0 Å². The predicted molar refractivity (Wildman–Crippen MR) is 48.6 cm³/mol. The average molecular weight is 219 g/mol. The third kappa shape index (κ3) is 2.18. The number of hydrogen-bond donors (Lipinski definition) is 1. The van der Waals surface area contributed by atoms with E-state index in [9.17, 15) is 13.2 Å². The molecule has 1 N–H and O–H groups in total. The molecule has 1 rings (SSSR count). The van der Waals surface area contributed by atoms with Crippen LogP contribution >= 0.6 is 0 Å². The summed E-state index contributed by atoms with van der Waals surface area (Å²) in [6, 6.07) is 0. The molecular weight excluding hydrogens is 210 g/mol. The summed E-state index contributed by atoms with van der Waals surface area (Å²) < 4.78 is 30.3. The van der Waals surface area contributed by atoms with Gasteiger partial charge >= 0.3 is 5.97 Å². The van der Waals surface area contributed by atoms with Crippen LogP contribution in [0.3, 0.4) is 0 Å². The molecule has 0 aliphatic carbocycles. The number of carbonyl (C=O) groups is 1. The van der Waals surface area contributed by atoms with Crippen molar-refractivity contribution in [3.63, 3.8) is 0 Å². The first-order valence-corrected chi connectivity index (χ1v) is 5.28. The number of ether oxygens (including phenoxy) is 1. The third-order valence-electron chi connectivity index (χ3n) is 1.48. The second kappa shape index (κ2) is 3.89. The lowest BCUT2D eigenvalue weighted by Crippen LogP contribution is -2.07. The molecule has 0 saturated carbocycles. The first-order valence-electron chi connectivity index (χ1n) is 3.84. The van der Waals surface area contributed by atoms with Crippen LogP contribution in [0.4, 0.5) is 0 Å². The highest BCUT2D eigenvalue weighted by Gasteiger charge is 2.29. The molecule has 0 radical (unpaired) electrons. The SMILES string of the molecule is CCOCC1=NS(=O)(=O)C(C(=O)O)=C1. The monoisotopic (exact) mass is 219 g/mol. The Kier molecular flexibility index (Phi) is 3.02. The van der Waals surface area contributed by atoms with E-state index in [0.717, 1.165) is 6.08 Å². The smallest absolute Gasteiger partial charge is 0.349 e. The Morgan fingerprint density at radius 1 is 1.64 bits per heavy atom. The van der Waals surface area contributed by atoms with Crippen LogP contribution in [-0.2, 0) is 19.6 Å². The van der Waals surface area contributed by atoms with E-state index < -0.39 is 20.9 Å². The van der Waals surface area contributed by atoms with Crippen LogP contribution in [0.2, 0.25) is 0 Å². The summed E-state index contributed by atoms with van der Waals surface area (Å²) in [5.74, 6) is -1.50. The number of sulfonamides is 1. The van der Waals surface area contributed by atoms with E-state index >= 15 is 0 Å². The zero-order valence-corrected chi connectivity index (χ0v) is 8.24. The number of carboxylic acid groups (broad SMARTS) is 1. The number of hydrogen-bond acceptors (Lipinski definition) is 4. The maximum Gasteiger partial charge on any atom is 0.349 e. The van der Waals surface area contributed by atoms with Crippen LogP contribution in [0.1, 0.15) is 6.92 Å². The van der Waals surface area contributed by atoms with Crippen LogP contribution < -0.4 is 0 Å². The lowest BCUT2D eigenvalue weighted by Gasteiger charge is -1.95. The van der Waals surface area contributed by atoms with Gasteiger partial charge in [0, 0.05) is 6.61 Å². The molecule has 0 aromatic carbocycles. The summed E-state index contributed by atoms with van der Waals surface area (Å²) in [7, 11) is -4.00. The molecule has 1 heterocycles. The Labute approximate surface area is 81.0 Å². The molecule has 0 aromatic heterocycles. The Balaban J connectivity index is 2.90. The van der Waals surface area contributed by atoms with Crippen LogP contribution in [0.5, 0.6) is 0 Å². The minimum absolute atomic E-state index is 0.00646. The van der Waals surface area contributed by atoms with Crippen molar-refractivity contribution in [3.8, 4) is 0 Å². The minimum Gasteiger partial charge on any atom is -0.477 e. The number of carboxylic acids is 1. The molecule has 0 aromatic rings. The summed E-state index contributed by atoms with van der Waals surface area (Å²) in [5.41, 5.74) is 0.115. The largest absolute Gasteiger partial charge is 0.477 e. The maximum atomic E-state index is 11.1. The summed E-state index contributed by atoms with van der Waals surface area (Å²) in [6.45, 7) is 2.16. The molecule has 6 nitrogen and oxygen atoms in total. The second-order valence-corrected chi connectivity index (χ2v) is 4.08. The Hall–Kier alpha value is -1.21. The van der Waals surface area contributed by atoms with Crippen molar-refractivity contribution >= 4 is 21.7 Å². The van der Waals surface area contributed by atoms with E-state index in [-0.39, 0.29) is 12.3 Å². The topological polar surface area (TPSA) is 93.0 Å². The van der Waals surface area contributed by atoms with E-state index in [4.69, 9.17) is 9.84 Å². The summed E-state index contributed by atoms with van der Waals surface area (Å²) in [4.78, 5) is 9.77. The lowest BCUT2D eigenvalue weighted by molar-refractivity contribution is -0.131. The van der Waals surface area contributed by atoms with Crippen molar-refractivity contribution in [1.82, 2.24) is 0 Å². The molecule has 0 spiro atoms. The average Bonchev–Trinajstić information content (AvgIpc) is 2.37. The molecule has 0 amide bonds. The third-order valence-corrected chi connectivity index (χ3v) is 2.80. The normalized spacial score (nSPS) is 18.9. The lowest BCUT2D eigenvalue weighted by atomic mass is 10.3. The van der Waals surface area contributed by atoms with Gasteiger partial charge in [-0.1, -0.05) is 0 Å². The molecule has 0 saturated heterocycles. The summed E-state index contributed by atoms with van der Waals surface area (Å²) in [5, 5.41) is 8.53. The molecular formula is C7H9NO5S. The molecule has 14 heavy (non-hydrogen) atoms. The maximum absolute atomic E-state index is 11.1. The van der Waals surface area contributed by atoms with Crippen molar-refractivity contribution < 1.29 is 23.1 Å². The van der Waals surface area contributed by atoms with E-state index in [2.05, 4.69) is 4.40 Å². The van der Waals surface area contributed by atoms with Crippen LogP contribution in [-0.4, -0.2) is 38.4 Å². The Bertz CT molecular complexity index is 406. The summed E-state index contributed by atoms with van der Waals surface area (Å²) >= 11 is 0. The van der Waals surface area contributed by atoms with E-state index in [1.807, 2.05) is 0 Å². The van der Waals surface area contributed by atoms with Gasteiger partial charge in [0.25, 0.3) is 10.0 Å². The van der Waals surface area contributed by atoms with Crippen molar-refractivity contribution in [1.29, 1.82) is 0 Å². The number of aliphatic carboxylic acids is 1. The molecule has 0 fully saturated rings. The van der Waals surface area contributed by atoms with Crippen molar-refractivity contribution in [2.24, 2.45) is 4.40 Å². The molecule has 1 aliphatic rings. The van der Waals surface area contributed by atoms with Crippen LogP contribution in [0, 0.1) is 0 Å². The van der Waals surface area contributed by atoms with Crippen molar-refractivity contribution in [2.45, 2.75) is 6.92 Å². The van der Waals surface area contributed by atoms with E-state index in [1.165, 1.54) is 0 Å². The van der Waals surface area contributed by atoms with Gasteiger partial charge in [-0.05, 0) is 13.0 Å². The van der Waals surface area contributed by atoms with E-state index in [1.54, 1.807) is 6.92 Å². The minimum atomic E-state index is -4.00. The van der Waals surface area contributed by atoms with Crippen molar-refractivity contribution in [2.75, 3.05) is 13.2 Å². The van der Waals surface area contributed by atoms with Crippen LogP contribution in [0.25, 0.3) is 0 Å². The van der Waals surface area contributed by atoms with Gasteiger partial charge in [0.15, 0.2) is 4.91 Å². The van der Waals surface area contributed by atoms with Gasteiger partial charge in [-0.3, -0.25) is 0 Å². The van der Waals surface area contributed by atoms with Gasteiger partial charge in [-0.25, -0.2) is 4.79 Å².